The summed E-state index contributed by atoms with van der Waals surface area (Å²) < 4.78 is 0. The van der Waals surface area contributed by atoms with Gasteiger partial charge in [0.05, 0.1) is 13.6 Å². The lowest BCUT2D eigenvalue weighted by Crippen LogP contribution is -2.55. The molecular formula is C14H28N6. The lowest BCUT2D eigenvalue weighted by Gasteiger charge is -2.47. The van der Waals surface area contributed by atoms with Crippen LogP contribution in [0.15, 0.2) is 0 Å². The van der Waals surface area contributed by atoms with Gasteiger partial charge in [-0.1, -0.05) is 13.8 Å². The van der Waals surface area contributed by atoms with Crippen molar-refractivity contribution in [2.75, 3.05) is 13.1 Å². The first-order valence-corrected chi connectivity index (χ1v) is 7.77. The van der Waals surface area contributed by atoms with Crippen molar-refractivity contribution in [1.29, 1.82) is 0 Å². The molecule has 1 fully saturated rings. The molecule has 1 saturated carbocycles. The molecule has 114 valence electrons. The number of rotatable bonds is 6. The van der Waals surface area contributed by atoms with Crippen molar-refractivity contribution < 1.29 is 0 Å². The zero-order chi connectivity index (χ0) is 14.6. The summed E-state index contributed by atoms with van der Waals surface area (Å²) in [5.74, 6) is 1.63. The Morgan fingerprint density at radius 1 is 1.40 bits per heavy atom. The van der Waals surface area contributed by atoms with Crippen LogP contribution in [0.5, 0.6) is 0 Å². The summed E-state index contributed by atoms with van der Waals surface area (Å²) in [6.07, 6.45) is 6.03. The highest BCUT2D eigenvalue weighted by atomic mass is 15.6. The molecule has 6 nitrogen and oxygen atoms in total. The van der Waals surface area contributed by atoms with Gasteiger partial charge >= 0.3 is 0 Å². The highest BCUT2D eigenvalue weighted by Crippen LogP contribution is 2.36. The van der Waals surface area contributed by atoms with Crippen molar-refractivity contribution >= 4 is 0 Å². The Morgan fingerprint density at radius 3 is 2.60 bits per heavy atom. The van der Waals surface area contributed by atoms with Gasteiger partial charge in [0.2, 0.25) is 0 Å². The van der Waals surface area contributed by atoms with Crippen molar-refractivity contribution in [2.45, 2.75) is 58.0 Å². The van der Waals surface area contributed by atoms with Crippen molar-refractivity contribution in [2.24, 2.45) is 18.7 Å². The van der Waals surface area contributed by atoms with Crippen molar-refractivity contribution in [3.8, 4) is 0 Å². The Bertz CT molecular complexity index is 408. The molecule has 1 heterocycles. The number of aromatic nitrogens is 4. The van der Waals surface area contributed by atoms with E-state index < -0.39 is 0 Å². The van der Waals surface area contributed by atoms with Crippen molar-refractivity contribution in [3.63, 3.8) is 0 Å². The Hall–Kier alpha value is -1.01. The van der Waals surface area contributed by atoms with Crippen LogP contribution in [0.1, 0.15) is 51.8 Å². The van der Waals surface area contributed by atoms with Gasteiger partial charge < -0.3 is 5.73 Å². The summed E-state index contributed by atoms with van der Waals surface area (Å²) >= 11 is 0. The first kappa shape index (κ1) is 15.4. The molecular weight excluding hydrogens is 252 g/mol. The topological polar surface area (TPSA) is 72.9 Å². The first-order valence-electron chi connectivity index (χ1n) is 7.77. The molecule has 0 aliphatic heterocycles. The normalized spacial score (nSPS) is 27.1. The lowest BCUT2D eigenvalue weighted by molar-refractivity contribution is 0.0356. The molecule has 0 bridgehead atoms. The van der Waals surface area contributed by atoms with Crippen LogP contribution in [0.2, 0.25) is 0 Å². The predicted molar refractivity (Wildman–Crippen MR) is 78.9 cm³/mol. The van der Waals surface area contributed by atoms with Gasteiger partial charge in [-0.25, -0.2) is 0 Å². The minimum absolute atomic E-state index is 0.127. The average molecular weight is 280 g/mol. The van der Waals surface area contributed by atoms with Crippen LogP contribution in [0.3, 0.4) is 0 Å². The minimum atomic E-state index is 0.127. The largest absolute Gasteiger partial charge is 0.329 e. The number of hydrogen-bond acceptors (Lipinski definition) is 5. The Labute approximate surface area is 121 Å². The van der Waals surface area contributed by atoms with Crippen LogP contribution in [-0.4, -0.2) is 43.7 Å². The van der Waals surface area contributed by atoms with Gasteiger partial charge in [-0.3, -0.25) is 4.90 Å². The number of aryl methyl sites for hydroxylation is 1. The van der Waals surface area contributed by atoms with E-state index in [0.29, 0.717) is 0 Å². The standard InChI is InChI=1S/C14H28N6/c1-4-9-20(10-13-16-18-19(3)17-13)14(11-15)7-5-12(2)6-8-14/h12H,4-11,15H2,1-3H3. The van der Waals surface area contributed by atoms with Crippen LogP contribution < -0.4 is 5.73 Å². The molecule has 0 aromatic carbocycles. The van der Waals surface area contributed by atoms with E-state index in [1.165, 1.54) is 30.5 Å². The van der Waals surface area contributed by atoms with Gasteiger partial charge in [0.25, 0.3) is 0 Å². The Morgan fingerprint density at radius 2 is 2.10 bits per heavy atom. The van der Waals surface area contributed by atoms with Crippen molar-refractivity contribution in [3.05, 3.63) is 5.82 Å². The average Bonchev–Trinajstić information content (AvgIpc) is 2.85. The number of nitrogens with two attached hydrogens (primary N) is 1. The van der Waals surface area contributed by atoms with Crippen LogP contribution in [0, 0.1) is 5.92 Å². The number of nitrogens with zero attached hydrogens (tertiary/aromatic N) is 5. The summed E-state index contributed by atoms with van der Waals surface area (Å²) in [7, 11) is 1.81. The van der Waals surface area contributed by atoms with E-state index in [1.807, 2.05) is 7.05 Å². The summed E-state index contributed by atoms with van der Waals surface area (Å²) in [6, 6.07) is 0. The monoisotopic (exact) mass is 280 g/mol. The fraction of sp³-hybridized carbons (Fsp3) is 0.929. The fourth-order valence-corrected chi connectivity index (χ4v) is 3.26. The predicted octanol–water partition coefficient (Wildman–Crippen LogP) is 1.33. The summed E-state index contributed by atoms with van der Waals surface area (Å²) in [5, 5.41) is 12.4. The molecule has 1 aliphatic carbocycles. The molecule has 2 N–H and O–H groups in total. The zero-order valence-corrected chi connectivity index (χ0v) is 13.0. The highest BCUT2D eigenvalue weighted by molar-refractivity contribution is 4.97. The number of tetrazole rings is 1. The van der Waals surface area contributed by atoms with Crippen LogP contribution in [-0.2, 0) is 13.6 Å². The summed E-state index contributed by atoms with van der Waals surface area (Å²) in [6.45, 7) is 7.08. The van der Waals surface area contributed by atoms with E-state index in [1.54, 1.807) is 0 Å². The Balaban J connectivity index is 2.12. The third-order valence-electron chi connectivity index (χ3n) is 4.63. The molecule has 6 heteroatoms. The van der Waals surface area contributed by atoms with Crippen LogP contribution in [0.4, 0.5) is 0 Å². The highest BCUT2D eigenvalue weighted by Gasteiger charge is 2.38. The molecule has 1 aromatic heterocycles. The van der Waals surface area contributed by atoms with Gasteiger partial charge in [0, 0.05) is 12.1 Å². The van der Waals surface area contributed by atoms with Gasteiger partial charge in [0.15, 0.2) is 5.82 Å². The second kappa shape index (κ2) is 6.63. The van der Waals surface area contributed by atoms with E-state index in [-0.39, 0.29) is 5.54 Å². The quantitative estimate of drug-likeness (QED) is 0.851. The molecule has 1 aromatic rings. The second-order valence-electron chi connectivity index (χ2n) is 6.23. The van der Waals surface area contributed by atoms with E-state index in [4.69, 9.17) is 5.73 Å². The third-order valence-corrected chi connectivity index (χ3v) is 4.63. The number of hydrogen-bond donors (Lipinski definition) is 1. The van der Waals surface area contributed by atoms with E-state index in [0.717, 1.165) is 37.8 Å². The maximum Gasteiger partial charge on any atom is 0.188 e. The molecule has 0 radical (unpaired) electrons. The maximum absolute atomic E-state index is 6.17. The van der Waals surface area contributed by atoms with E-state index in [9.17, 15) is 0 Å². The van der Waals surface area contributed by atoms with Gasteiger partial charge in [0.1, 0.15) is 0 Å². The molecule has 1 aliphatic rings. The summed E-state index contributed by atoms with van der Waals surface area (Å²) in [4.78, 5) is 4.02. The van der Waals surface area contributed by atoms with Gasteiger partial charge in [-0.05, 0) is 49.8 Å². The summed E-state index contributed by atoms with van der Waals surface area (Å²) in [5.41, 5.74) is 6.30. The molecule has 0 saturated heterocycles. The second-order valence-corrected chi connectivity index (χ2v) is 6.23. The Kier molecular flexibility index (Phi) is 5.10. The molecule has 0 spiro atoms. The fourth-order valence-electron chi connectivity index (χ4n) is 3.26. The SMILES string of the molecule is CCCN(Cc1nnn(C)n1)C1(CN)CCC(C)CC1. The molecule has 2 rings (SSSR count). The molecule has 0 amide bonds. The molecule has 0 unspecified atom stereocenters. The molecule has 0 atom stereocenters. The van der Waals surface area contributed by atoms with Crippen LogP contribution in [0.25, 0.3) is 0 Å². The van der Waals surface area contributed by atoms with Crippen molar-refractivity contribution in [1.82, 2.24) is 25.1 Å². The molecule has 20 heavy (non-hydrogen) atoms. The van der Waals surface area contributed by atoms with E-state index >= 15 is 0 Å². The van der Waals surface area contributed by atoms with E-state index in [2.05, 4.69) is 34.2 Å². The smallest absolute Gasteiger partial charge is 0.188 e. The van der Waals surface area contributed by atoms with Gasteiger partial charge in [-0.2, -0.15) is 4.80 Å². The minimum Gasteiger partial charge on any atom is -0.329 e. The zero-order valence-electron chi connectivity index (χ0n) is 13.0. The first-order chi connectivity index (χ1) is 9.59. The van der Waals surface area contributed by atoms with Gasteiger partial charge in [-0.15, -0.1) is 10.2 Å². The third kappa shape index (κ3) is 3.35. The maximum atomic E-state index is 6.17. The lowest BCUT2D eigenvalue weighted by atomic mass is 9.76. The van der Waals surface area contributed by atoms with Crippen LogP contribution >= 0.6 is 0 Å².